The fraction of sp³-hybridized carbons (Fsp3) is 0.222. The Kier molecular flexibility index (Phi) is 3.65. The summed E-state index contributed by atoms with van der Waals surface area (Å²) in [5, 5.41) is 23.8. The lowest BCUT2D eigenvalue weighted by Crippen LogP contribution is -1.97. The normalized spacial score (nSPS) is 10.4. The molecule has 0 aliphatic carbocycles. The molecule has 16 heavy (non-hydrogen) atoms. The van der Waals surface area contributed by atoms with E-state index in [1.165, 1.54) is 25.5 Å². The van der Waals surface area contributed by atoms with Crippen molar-refractivity contribution in [2.24, 2.45) is 5.10 Å². The maximum atomic E-state index is 10.6. The molecule has 0 fully saturated rings. The third-order valence-electron chi connectivity index (χ3n) is 1.84. The maximum Gasteiger partial charge on any atom is 0.315 e. The van der Waals surface area contributed by atoms with Gasteiger partial charge in [0.2, 0.25) is 5.75 Å². The molecule has 0 heterocycles. The molecule has 0 bridgehead atoms. The minimum atomic E-state index is -0.686. The molecular formula is C9H11N3O4. The molecule has 1 rings (SSSR count). The molecule has 0 saturated carbocycles. The number of nitrogens with zero attached hydrogens (tertiary/aromatic N) is 2. The van der Waals surface area contributed by atoms with Crippen LogP contribution in [0, 0.1) is 10.1 Å². The summed E-state index contributed by atoms with van der Waals surface area (Å²) >= 11 is 0. The third kappa shape index (κ3) is 2.38. The van der Waals surface area contributed by atoms with Gasteiger partial charge in [-0.2, -0.15) is 5.10 Å². The van der Waals surface area contributed by atoms with Crippen molar-refractivity contribution in [1.29, 1.82) is 0 Å². The molecule has 1 aromatic carbocycles. The molecule has 86 valence electrons. The number of phenolic OH excluding ortho intramolecular Hbond substituents is 1. The van der Waals surface area contributed by atoms with Crippen LogP contribution in [0.1, 0.15) is 5.56 Å². The van der Waals surface area contributed by atoms with Gasteiger partial charge in [-0.15, -0.1) is 0 Å². The lowest BCUT2D eigenvalue weighted by atomic mass is 10.2. The SMILES string of the molecule is CN/N=C/c1cc(OC)c(O)c([N+](=O)[O-])c1. The van der Waals surface area contributed by atoms with Gasteiger partial charge in [0, 0.05) is 18.7 Å². The van der Waals surface area contributed by atoms with E-state index in [9.17, 15) is 15.2 Å². The van der Waals surface area contributed by atoms with Gasteiger partial charge in [-0.25, -0.2) is 0 Å². The van der Waals surface area contributed by atoms with Gasteiger partial charge in [0.05, 0.1) is 18.2 Å². The summed E-state index contributed by atoms with van der Waals surface area (Å²) < 4.78 is 4.82. The van der Waals surface area contributed by atoms with Crippen molar-refractivity contribution in [3.05, 3.63) is 27.8 Å². The van der Waals surface area contributed by atoms with Gasteiger partial charge >= 0.3 is 5.69 Å². The van der Waals surface area contributed by atoms with E-state index in [1.807, 2.05) is 0 Å². The van der Waals surface area contributed by atoms with Crippen LogP contribution in [0.25, 0.3) is 0 Å². The second kappa shape index (κ2) is 4.96. The Morgan fingerprint density at radius 2 is 2.31 bits per heavy atom. The molecule has 7 heteroatoms. The van der Waals surface area contributed by atoms with Crippen molar-refractivity contribution in [2.45, 2.75) is 0 Å². The summed E-state index contributed by atoms with van der Waals surface area (Å²) in [5.74, 6) is -0.458. The number of nitro groups is 1. The fourth-order valence-electron chi connectivity index (χ4n) is 1.12. The molecule has 1 aromatic rings. The first-order chi connectivity index (χ1) is 7.60. The lowest BCUT2D eigenvalue weighted by Gasteiger charge is -2.04. The summed E-state index contributed by atoms with van der Waals surface area (Å²) in [6.45, 7) is 0. The van der Waals surface area contributed by atoms with Gasteiger partial charge in [-0.1, -0.05) is 0 Å². The van der Waals surface area contributed by atoms with Crippen LogP contribution in [0.3, 0.4) is 0 Å². The lowest BCUT2D eigenvalue weighted by molar-refractivity contribution is -0.386. The van der Waals surface area contributed by atoms with E-state index in [4.69, 9.17) is 4.74 Å². The number of methoxy groups -OCH3 is 1. The Morgan fingerprint density at radius 1 is 1.62 bits per heavy atom. The highest BCUT2D eigenvalue weighted by Gasteiger charge is 2.19. The third-order valence-corrected chi connectivity index (χ3v) is 1.84. The minimum absolute atomic E-state index is 0.0340. The van der Waals surface area contributed by atoms with Crippen LogP contribution in [0.15, 0.2) is 17.2 Å². The van der Waals surface area contributed by atoms with Crippen molar-refractivity contribution < 1.29 is 14.8 Å². The number of nitrogens with one attached hydrogen (secondary N) is 1. The zero-order chi connectivity index (χ0) is 12.1. The number of nitro benzene ring substituents is 1. The summed E-state index contributed by atoms with van der Waals surface area (Å²) in [4.78, 5) is 9.96. The quantitative estimate of drug-likeness (QED) is 0.450. The molecule has 0 amide bonds. The number of benzene rings is 1. The first-order valence-corrected chi connectivity index (χ1v) is 4.35. The van der Waals surface area contributed by atoms with Crippen LogP contribution in [-0.2, 0) is 0 Å². The predicted octanol–water partition coefficient (Wildman–Crippen LogP) is 0.862. The van der Waals surface area contributed by atoms with Crippen LogP contribution < -0.4 is 10.2 Å². The van der Waals surface area contributed by atoms with Crippen molar-refractivity contribution >= 4 is 11.9 Å². The van der Waals surface area contributed by atoms with Gasteiger partial charge in [0.25, 0.3) is 0 Å². The molecule has 0 aliphatic rings. The molecule has 0 atom stereocenters. The average molecular weight is 225 g/mol. The van der Waals surface area contributed by atoms with Crippen molar-refractivity contribution in [1.82, 2.24) is 5.43 Å². The number of hydrogen-bond acceptors (Lipinski definition) is 6. The van der Waals surface area contributed by atoms with Gasteiger partial charge in [0.15, 0.2) is 5.75 Å². The average Bonchev–Trinajstić information content (AvgIpc) is 2.27. The molecule has 7 nitrogen and oxygen atoms in total. The standard InChI is InChI=1S/C9H11N3O4/c1-10-11-5-6-3-7(12(14)15)9(13)8(4-6)16-2/h3-5,10,13H,1-2H3/b11-5+. The fourth-order valence-corrected chi connectivity index (χ4v) is 1.12. The Bertz CT molecular complexity index is 431. The monoisotopic (exact) mass is 225 g/mol. The van der Waals surface area contributed by atoms with E-state index in [-0.39, 0.29) is 5.75 Å². The largest absolute Gasteiger partial charge is 0.500 e. The summed E-state index contributed by atoms with van der Waals surface area (Å²) in [7, 11) is 2.92. The number of hydrazone groups is 1. The van der Waals surface area contributed by atoms with Crippen LogP contribution in [-0.4, -0.2) is 30.4 Å². The smallest absolute Gasteiger partial charge is 0.315 e. The van der Waals surface area contributed by atoms with E-state index in [2.05, 4.69) is 10.5 Å². The summed E-state index contributed by atoms with van der Waals surface area (Å²) in [6, 6.07) is 2.65. The van der Waals surface area contributed by atoms with Crippen molar-refractivity contribution in [3.63, 3.8) is 0 Å². The number of ether oxygens (including phenoxy) is 1. The maximum absolute atomic E-state index is 10.6. The highest BCUT2D eigenvalue weighted by molar-refractivity contribution is 5.82. The van der Waals surface area contributed by atoms with Crippen LogP contribution in [0.2, 0.25) is 0 Å². The molecule has 2 N–H and O–H groups in total. The first-order valence-electron chi connectivity index (χ1n) is 4.35. The minimum Gasteiger partial charge on any atom is -0.500 e. The van der Waals surface area contributed by atoms with Crippen LogP contribution in [0.5, 0.6) is 11.5 Å². The molecule has 0 aliphatic heterocycles. The van der Waals surface area contributed by atoms with Gasteiger partial charge < -0.3 is 15.3 Å². The zero-order valence-corrected chi connectivity index (χ0v) is 8.80. The Labute approximate surface area is 91.5 Å². The van der Waals surface area contributed by atoms with E-state index in [0.717, 1.165) is 0 Å². The van der Waals surface area contributed by atoms with Gasteiger partial charge in [-0.3, -0.25) is 10.1 Å². The van der Waals surface area contributed by atoms with Gasteiger partial charge in [-0.05, 0) is 6.07 Å². The zero-order valence-electron chi connectivity index (χ0n) is 8.80. The Hall–Kier alpha value is -2.31. The van der Waals surface area contributed by atoms with E-state index < -0.39 is 16.4 Å². The molecule has 0 saturated heterocycles. The molecule has 0 aromatic heterocycles. The topological polar surface area (TPSA) is 97.0 Å². The number of hydrogen-bond donors (Lipinski definition) is 2. The first kappa shape index (κ1) is 11.8. The molecule has 0 radical (unpaired) electrons. The van der Waals surface area contributed by atoms with Crippen molar-refractivity contribution in [2.75, 3.05) is 14.2 Å². The predicted molar refractivity (Wildman–Crippen MR) is 58.0 cm³/mol. The number of aromatic hydroxyl groups is 1. The summed E-state index contributed by atoms with van der Waals surface area (Å²) in [5.41, 5.74) is 2.55. The highest BCUT2D eigenvalue weighted by Crippen LogP contribution is 2.36. The molecular weight excluding hydrogens is 214 g/mol. The van der Waals surface area contributed by atoms with Crippen LogP contribution in [0.4, 0.5) is 5.69 Å². The van der Waals surface area contributed by atoms with E-state index in [1.54, 1.807) is 7.05 Å². The number of phenols is 1. The Balaban J connectivity index is 3.28. The van der Waals surface area contributed by atoms with E-state index in [0.29, 0.717) is 5.56 Å². The second-order valence-electron chi connectivity index (χ2n) is 2.83. The van der Waals surface area contributed by atoms with E-state index >= 15 is 0 Å². The second-order valence-corrected chi connectivity index (χ2v) is 2.83. The van der Waals surface area contributed by atoms with Crippen molar-refractivity contribution in [3.8, 4) is 11.5 Å². The Morgan fingerprint density at radius 3 is 2.81 bits per heavy atom. The number of rotatable bonds is 4. The summed E-state index contributed by atoms with van der Waals surface area (Å²) in [6.07, 6.45) is 1.38. The molecule has 0 spiro atoms. The highest BCUT2D eigenvalue weighted by atomic mass is 16.6. The van der Waals surface area contributed by atoms with Crippen LogP contribution >= 0.6 is 0 Å². The van der Waals surface area contributed by atoms with Gasteiger partial charge in [0.1, 0.15) is 0 Å². The molecule has 0 unspecified atom stereocenters.